The molecule has 0 spiro atoms. The molecule has 2 saturated heterocycles. The number of carbonyl (C=O) groups is 1. The minimum absolute atomic E-state index is 0.0285. The van der Waals surface area contributed by atoms with Crippen LogP contribution in [-0.2, 0) is 16.1 Å². The van der Waals surface area contributed by atoms with E-state index in [-0.39, 0.29) is 24.5 Å². The standard InChI is InChI=1S/C19H28N2O3/c1-15-3-5-16(6-4-15)9-20-10-17-7-8-21(18(23)11-24-2)13-19(17,12-20)14-22/h3-6,17,22H,7-14H2,1-2H3/t17-,19-/m0/s1. The molecule has 2 heterocycles. The lowest BCUT2D eigenvalue weighted by molar-refractivity contribution is -0.140. The minimum atomic E-state index is -0.188. The number of piperidine rings is 1. The van der Waals surface area contributed by atoms with Crippen molar-refractivity contribution < 1.29 is 14.6 Å². The summed E-state index contributed by atoms with van der Waals surface area (Å²) >= 11 is 0. The van der Waals surface area contributed by atoms with Crippen LogP contribution in [0.5, 0.6) is 0 Å². The zero-order chi connectivity index (χ0) is 17.2. The molecule has 0 aromatic heterocycles. The van der Waals surface area contributed by atoms with Gasteiger partial charge in [-0.2, -0.15) is 0 Å². The van der Waals surface area contributed by atoms with E-state index in [1.807, 2.05) is 4.90 Å². The van der Waals surface area contributed by atoms with Crippen LogP contribution in [0.3, 0.4) is 0 Å². The van der Waals surface area contributed by atoms with Gasteiger partial charge in [-0.3, -0.25) is 9.69 Å². The number of rotatable bonds is 5. The summed E-state index contributed by atoms with van der Waals surface area (Å²) in [6.45, 7) is 6.52. The van der Waals surface area contributed by atoms with Gasteiger partial charge in [0.15, 0.2) is 0 Å². The van der Waals surface area contributed by atoms with E-state index < -0.39 is 0 Å². The molecule has 2 aliphatic rings. The lowest BCUT2D eigenvalue weighted by Crippen LogP contribution is -2.53. The highest BCUT2D eigenvalue weighted by molar-refractivity contribution is 5.77. The Morgan fingerprint density at radius 1 is 1.33 bits per heavy atom. The average Bonchev–Trinajstić information content (AvgIpc) is 2.95. The molecule has 1 N–H and O–H groups in total. The molecule has 132 valence electrons. The van der Waals surface area contributed by atoms with E-state index in [1.165, 1.54) is 11.1 Å². The topological polar surface area (TPSA) is 53.0 Å². The van der Waals surface area contributed by atoms with Crippen molar-refractivity contribution in [3.63, 3.8) is 0 Å². The monoisotopic (exact) mass is 332 g/mol. The minimum Gasteiger partial charge on any atom is -0.396 e. The highest BCUT2D eigenvalue weighted by Crippen LogP contribution is 2.42. The number of nitrogens with zero attached hydrogens (tertiary/aromatic N) is 2. The van der Waals surface area contributed by atoms with Gasteiger partial charge in [-0.1, -0.05) is 29.8 Å². The van der Waals surface area contributed by atoms with E-state index in [0.29, 0.717) is 12.5 Å². The fourth-order valence-electron chi connectivity index (χ4n) is 4.22. The molecule has 0 aliphatic carbocycles. The third-order valence-corrected chi connectivity index (χ3v) is 5.60. The fourth-order valence-corrected chi connectivity index (χ4v) is 4.22. The van der Waals surface area contributed by atoms with Gasteiger partial charge < -0.3 is 14.7 Å². The van der Waals surface area contributed by atoms with Crippen molar-refractivity contribution in [2.24, 2.45) is 11.3 Å². The van der Waals surface area contributed by atoms with Gasteiger partial charge in [0.25, 0.3) is 0 Å². The van der Waals surface area contributed by atoms with Crippen LogP contribution in [0.1, 0.15) is 17.5 Å². The van der Waals surface area contributed by atoms with Gasteiger partial charge in [-0.05, 0) is 24.8 Å². The first-order valence-electron chi connectivity index (χ1n) is 8.72. The fraction of sp³-hybridized carbons (Fsp3) is 0.632. The van der Waals surface area contributed by atoms with Gasteiger partial charge in [0.2, 0.25) is 5.91 Å². The summed E-state index contributed by atoms with van der Waals surface area (Å²) in [6, 6.07) is 8.64. The Hall–Kier alpha value is -1.43. The molecule has 1 amide bonds. The van der Waals surface area contributed by atoms with Crippen LogP contribution >= 0.6 is 0 Å². The van der Waals surface area contributed by atoms with Crippen LogP contribution in [0.4, 0.5) is 0 Å². The second-order valence-electron chi connectivity index (χ2n) is 7.41. The van der Waals surface area contributed by atoms with Crippen LogP contribution in [-0.4, -0.2) is 67.3 Å². The van der Waals surface area contributed by atoms with E-state index >= 15 is 0 Å². The molecule has 3 rings (SSSR count). The van der Waals surface area contributed by atoms with Crippen molar-refractivity contribution in [3.05, 3.63) is 35.4 Å². The smallest absolute Gasteiger partial charge is 0.248 e. The summed E-state index contributed by atoms with van der Waals surface area (Å²) < 4.78 is 4.98. The highest BCUT2D eigenvalue weighted by atomic mass is 16.5. The Morgan fingerprint density at radius 3 is 2.75 bits per heavy atom. The third kappa shape index (κ3) is 3.48. The molecular weight excluding hydrogens is 304 g/mol. The number of benzene rings is 1. The van der Waals surface area contributed by atoms with Crippen molar-refractivity contribution >= 4 is 5.91 Å². The first-order chi connectivity index (χ1) is 11.6. The quantitative estimate of drug-likeness (QED) is 0.883. The molecule has 5 nitrogen and oxygen atoms in total. The summed E-state index contributed by atoms with van der Waals surface area (Å²) in [5, 5.41) is 10.1. The normalized spacial score (nSPS) is 27.3. The SMILES string of the molecule is COCC(=O)N1CC[C@H]2CN(Cc3ccc(C)cc3)C[C@@]2(CO)C1. The number of amides is 1. The van der Waals surface area contributed by atoms with Crippen molar-refractivity contribution in [1.82, 2.24) is 9.80 Å². The van der Waals surface area contributed by atoms with Gasteiger partial charge in [0, 0.05) is 45.2 Å². The Labute approximate surface area is 144 Å². The van der Waals surface area contributed by atoms with E-state index in [1.54, 1.807) is 7.11 Å². The molecule has 1 aromatic carbocycles. The lowest BCUT2D eigenvalue weighted by atomic mass is 9.74. The Kier molecular flexibility index (Phi) is 5.23. The number of aliphatic hydroxyl groups is 1. The van der Waals surface area contributed by atoms with Gasteiger partial charge in [0.05, 0.1) is 6.61 Å². The predicted octanol–water partition coefficient (Wildman–Crippen LogP) is 1.28. The molecule has 0 unspecified atom stereocenters. The summed E-state index contributed by atoms with van der Waals surface area (Å²) in [7, 11) is 1.55. The second-order valence-corrected chi connectivity index (χ2v) is 7.41. The number of aliphatic hydroxyl groups excluding tert-OH is 1. The Bertz CT molecular complexity index is 574. The maximum Gasteiger partial charge on any atom is 0.248 e. The average molecular weight is 332 g/mol. The summed E-state index contributed by atoms with van der Waals surface area (Å²) in [5.41, 5.74) is 2.39. The van der Waals surface area contributed by atoms with Gasteiger partial charge in [-0.25, -0.2) is 0 Å². The number of aryl methyl sites for hydroxylation is 1. The largest absolute Gasteiger partial charge is 0.396 e. The van der Waals surface area contributed by atoms with Crippen molar-refractivity contribution in [2.45, 2.75) is 19.9 Å². The molecular formula is C19H28N2O3. The Balaban J connectivity index is 1.67. The van der Waals surface area contributed by atoms with Crippen LogP contribution in [0.2, 0.25) is 0 Å². The number of ether oxygens (including phenoxy) is 1. The van der Waals surface area contributed by atoms with E-state index in [4.69, 9.17) is 4.74 Å². The van der Waals surface area contributed by atoms with Crippen LogP contribution < -0.4 is 0 Å². The van der Waals surface area contributed by atoms with Crippen LogP contribution in [0, 0.1) is 18.3 Å². The summed E-state index contributed by atoms with van der Waals surface area (Å²) in [4.78, 5) is 16.4. The number of carbonyl (C=O) groups excluding carboxylic acids is 1. The zero-order valence-corrected chi connectivity index (χ0v) is 14.7. The van der Waals surface area contributed by atoms with Gasteiger partial charge in [-0.15, -0.1) is 0 Å². The first kappa shape index (κ1) is 17.4. The van der Waals surface area contributed by atoms with Crippen LogP contribution in [0.25, 0.3) is 0 Å². The molecule has 0 radical (unpaired) electrons. The molecule has 1 aromatic rings. The van der Waals surface area contributed by atoms with Crippen LogP contribution in [0.15, 0.2) is 24.3 Å². The van der Waals surface area contributed by atoms with Gasteiger partial charge in [0.1, 0.15) is 6.61 Å². The van der Waals surface area contributed by atoms with Crippen molar-refractivity contribution in [1.29, 1.82) is 0 Å². The van der Waals surface area contributed by atoms with Crippen molar-refractivity contribution in [3.8, 4) is 0 Å². The maximum atomic E-state index is 12.2. The molecule has 2 atom stereocenters. The number of fused-ring (bicyclic) bond motifs is 1. The highest BCUT2D eigenvalue weighted by Gasteiger charge is 2.49. The Morgan fingerprint density at radius 2 is 2.08 bits per heavy atom. The number of methoxy groups -OCH3 is 1. The van der Waals surface area contributed by atoms with E-state index in [9.17, 15) is 9.90 Å². The molecule has 0 bridgehead atoms. The van der Waals surface area contributed by atoms with E-state index in [2.05, 4.69) is 36.1 Å². The lowest BCUT2D eigenvalue weighted by Gasteiger charge is -2.43. The predicted molar refractivity (Wildman–Crippen MR) is 92.5 cm³/mol. The second kappa shape index (κ2) is 7.21. The van der Waals surface area contributed by atoms with E-state index in [0.717, 1.165) is 32.6 Å². The number of likely N-dealkylation sites (tertiary alicyclic amines) is 2. The third-order valence-electron chi connectivity index (χ3n) is 5.60. The molecule has 5 heteroatoms. The first-order valence-corrected chi connectivity index (χ1v) is 8.72. The van der Waals surface area contributed by atoms with Crippen molar-refractivity contribution in [2.75, 3.05) is 46.5 Å². The van der Waals surface area contributed by atoms with Gasteiger partial charge >= 0.3 is 0 Å². The summed E-state index contributed by atoms with van der Waals surface area (Å²) in [6.07, 6.45) is 0.959. The molecule has 2 fully saturated rings. The number of hydrogen-bond donors (Lipinski definition) is 1. The number of hydrogen-bond acceptors (Lipinski definition) is 4. The maximum absolute atomic E-state index is 12.2. The summed E-state index contributed by atoms with van der Waals surface area (Å²) in [5.74, 6) is 0.486. The molecule has 24 heavy (non-hydrogen) atoms. The zero-order valence-electron chi connectivity index (χ0n) is 14.7. The molecule has 0 saturated carbocycles. The molecule has 2 aliphatic heterocycles.